The van der Waals surface area contributed by atoms with Crippen molar-refractivity contribution in [3.05, 3.63) is 66.6 Å². The topological polar surface area (TPSA) is 94.8 Å². The fourth-order valence-electron chi connectivity index (χ4n) is 2.35. The van der Waals surface area contributed by atoms with E-state index in [4.69, 9.17) is 4.74 Å². The Hall–Kier alpha value is -3.59. The summed E-state index contributed by atoms with van der Waals surface area (Å²) in [5.41, 5.74) is 1.09. The molecular formula is C18H14N6O2S. The number of carbonyl (C=O) groups is 1. The number of benzene rings is 1. The average Bonchev–Trinajstić information content (AvgIpc) is 3.32. The molecule has 4 rings (SSSR count). The van der Waals surface area contributed by atoms with E-state index in [1.165, 1.54) is 11.3 Å². The van der Waals surface area contributed by atoms with Crippen LogP contribution in [0.15, 0.2) is 61.1 Å². The van der Waals surface area contributed by atoms with Crippen LogP contribution in [0.3, 0.4) is 0 Å². The Kier molecular flexibility index (Phi) is 4.58. The molecule has 0 aliphatic rings. The van der Waals surface area contributed by atoms with Gasteiger partial charge in [0.15, 0.2) is 10.8 Å². The lowest BCUT2D eigenvalue weighted by Crippen LogP contribution is -2.12. The van der Waals surface area contributed by atoms with Crippen molar-refractivity contribution in [2.75, 3.05) is 5.32 Å². The minimum atomic E-state index is -0.335. The zero-order valence-electron chi connectivity index (χ0n) is 14.2. The Labute approximate surface area is 158 Å². The van der Waals surface area contributed by atoms with Crippen LogP contribution in [0.1, 0.15) is 10.4 Å². The molecule has 3 heterocycles. The number of nitrogens with one attached hydrogen (secondary N) is 1. The summed E-state index contributed by atoms with van der Waals surface area (Å²) in [5, 5.41) is 15.9. The summed E-state index contributed by atoms with van der Waals surface area (Å²) in [6.07, 6.45) is 4.98. The van der Waals surface area contributed by atoms with Gasteiger partial charge in [0, 0.05) is 13.2 Å². The van der Waals surface area contributed by atoms with Crippen LogP contribution in [-0.4, -0.2) is 30.9 Å². The number of amides is 1. The number of anilines is 1. The number of rotatable bonds is 5. The second kappa shape index (κ2) is 7.34. The van der Waals surface area contributed by atoms with Crippen LogP contribution in [0.4, 0.5) is 5.13 Å². The molecular weight excluding hydrogens is 364 g/mol. The third kappa shape index (κ3) is 3.82. The largest absolute Gasteiger partial charge is 0.453 e. The fraction of sp³-hybridized carbons (Fsp3) is 0.0556. The Bertz CT molecular complexity index is 1080. The van der Waals surface area contributed by atoms with Gasteiger partial charge in [-0.05, 0) is 24.3 Å². The minimum Gasteiger partial charge on any atom is -0.453 e. The number of ether oxygens (including phenoxy) is 1. The van der Waals surface area contributed by atoms with Gasteiger partial charge in [0.25, 0.3) is 5.91 Å². The van der Waals surface area contributed by atoms with E-state index in [-0.39, 0.29) is 5.91 Å². The van der Waals surface area contributed by atoms with E-state index < -0.39 is 0 Å². The highest BCUT2D eigenvalue weighted by atomic mass is 32.1. The van der Waals surface area contributed by atoms with Crippen LogP contribution in [0.5, 0.6) is 11.5 Å². The zero-order chi connectivity index (χ0) is 18.6. The van der Waals surface area contributed by atoms with E-state index in [9.17, 15) is 4.79 Å². The highest BCUT2D eigenvalue weighted by Crippen LogP contribution is 2.28. The molecule has 0 aliphatic carbocycles. The van der Waals surface area contributed by atoms with Crippen molar-refractivity contribution in [3.63, 3.8) is 0 Å². The van der Waals surface area contributed by atoms with Crippen molar-refractivity contribution in [2.45, 2.75) is 0 Å². The molecule has 27 heavy (non-hydrogen) atoms. The van der Waals surface area contributed by atoms with Gasteiger partial charge >= 0.3 is 0 Å². The molecule has 0 saturated heterocycles. The first kappa shape index (κ1) is 16.9. The Morgan fingerprint density at radius 2 is 2.00 bits per heavy atom. The molecule has 8 nitrogen and oxygen atoms in total. The van der Waals surface area contributed by atoms with Crippen molar-refractivity contribution < 1.29 is 9.53 Å². The second-order valence-electron chi connectivity index (χ2n) is 5.53. The number of hydrogen-bond donors (Lipinski definition) is 1. The summed E-state index contributed by atoms with van der Waals surface area (Å²) < 4.78 is 7.40. The van der Waals surface area contributed by atoms with Crippen molar-refractivity contribution >= 4 is 22.4 Å². The monoisotopic (exact) mass is 378 g/mol. The highest BCUT2D eigenvalue weighted by molar-refractivity contribution is 7.18. The molecule has 0 spiro atoms. The summed E-state index contributed by atoms with van der Waals surface area (Å²) >= 11 is 1.25. The van der Waals surface area contributed by atoms with Gasteiger partial charge in [0.2, 0.25) is 5.13 Å². The van der Waals surface area contributed by atoms with Gasteiger partial charge in [-0.3, -0.25) is 19.8 Å². The Morgan fingerprint density at radius 3 is 2.78 bits per heavy atom. The molecule has 1 aromatic carbocycles. The van der Waals surface area contributed by atoms with E-state index >= 15 is 0 Å². The number of para-hydroxylation sites is 1. The zero-order valence-corrected chi connectivity index (χ0v) is 15.1. The van der Waals surface area contributed by atoms with Crippen molar-refractivity contribution in [1.29, 1.82) is 0 Å². The maximum absolute atomic E-state index is 12.7. The number of aryl methyl sites for hydroxylation is 1. The van der Waals surface area contributed by atoms with Crippen molar-refractivity contribution in [1.82, 2.24) is 25.0 Å². The minimum absolute atomic E-state index is 0.335. The summed E-state index contributed by atoms with van der Waals surface area (Å²) in [5.74, 6) is 0.641. The van der Waals surface area contributed by atoms with Gasteiger partial charge in [-0.25, -0.2) is 0 Å². The average molecular weight is 378 g/mol. The highest BCUT2D eigenvalue weighted by Gasteiger charge is 2.16. The van der Waals surface area contributed by atoms with E-state index in [1.807, 2.05) is 18.2 Å². The van der Waals surface area contributed by atoms with Gasteiger partial charge in [-0.1, -0.05) is 29.5 Å². The third-order valence-electron chi connectivity index (χ3n) is 3.57. The van der Waals surface area contributed by atoms with Gasteiger partial charge in [-0.2, -0.15) is 5.10 Å². The molecule has 134 valence electrons. The number of nitrogens with zero attached hydrogens (tertiary/aromatic N) is 5. The summed E-state index contributed by atoms with van der Waals surface area (Å²) in [6, 6.07) is 12.5. The second-order valence-corrected chi connectivity index (χ2v) is 6.51. The van der Waals surface area contributed by atoms with E-state index in [1.54, 1.807) is 54.6 Å². The lowest BCUT2D eigenvalue weighted by atomic mass is 10.2. The molecule has 9 heteroatoms. The molecule has 3 aromatic heterocycles. The summed E-state index contributed by atoms with van der Waals surface area (Å²) in [6.45, 7) is 0. The van der Waals surface area contributed by atoms with Crippen LogP contribution in [-0.2, 0) is 7.05 Å². The fourth-order valence-corrected chi connectivity index (χ4v) is 3.07. The molecule has 4 aromatic rings. The molecule has 1 N–H and O–H groups in total. The standard InChI is InChI=1S/C18H14N6O2S/c1-24-11-12(10-20-24)26-15-8-3-2-6-13(15)16(25)21-18-23-22-17(27-18)14-7-4-5-9-19-14/h2-11H,1H3,(H,21,23,25). The quantitative estimate of drug-likeness (QED) is 0.572. The maximum Gasteiger partial charge on any atom is 0.261 e. The number of aromatic nitrogens is 5. The van der Waals surface area contributed by atoms with Crippen LogP contribution in [0.2, 0.25) is 0 Å². The molecule has 0 atom stereocenters. The number of carbonyl (C=O) groups excluding carboxylic acids is 1. The van der Waals surface area contributed by atoms with Crippen molar-refractivity contribution in [3.8, 4) is 22.2 Å². The summed E-state index contributed by atoms with van der Waals surface area (Å²) in [4.78, 5) is 16.9. The van der Waals surface area contributed by atoms with Crippen molar-refractivity contribution in [2.24, 2.45) is 7.05 Å². The van der Waals surface area contributed by atoms with E-state index in [0.717, 1.165) is 0 Å². The van der Waals surface area contributed by atoms with Crippen LogP contribution in [0, 0.1) is 0 Å². The van der Waals surface area contributed by atoms with E-state index in [2.05, 4.69) is 25.6 Å². The molecule has 0 aliphatic heterocycles. The number of pyridine rings is 1. The van der Waals surface area contributed by atoms with Crippen LogP contribution >= 0.6 is 11.3 Å². The Balaban J connectivity index is 1.53. The predicted octanol–water partition coefficient (Wildman–Crippen LogP) is 3.38. The first-order valence-electron chi connectivity index (χ1n) is 8.01. The predicted molar refractivity (Wildman–Crippen MR) is 101 cm³/mol. The normalized spacial score (nSPS) is 10.6. The van der Waals surface area contributed by atoms with E-state index in [0.29, 0.717) is 32.9 Å². The Morgan fingerprint density at radius 1 is 1.15 bits per heavy atom. The molecule has 0 radical (unpaired) electrons. The lowest BCUT2D eigenvalue weighted by Gasteiger charge is -2.08. The molecule has 0 saturated carbocycles. The molecule has 0 unspecified atom stereocenters. The molecule has 0 fully saturated rings. The van der Waals surface area contributed by atoms with Gasteiger partial charge < -0.3 is 4.74 Å². The lowest BCUT2D eigenvalue weighted by molar-refractivity contribution is 0.102. The smallest absolute Gasteiger partial charge is 0.261 e. The number of hydrogen-bond acceptors (Lipinski definition) is 7. The summed E-state index contributed by atoms with van der Waals surface area (Å²) in [7, 11) is 1.79. The van der Waals surface area contributed by atoms with Crippen LogP contribution in [0.25, 0.3) is 10.7 Å². The van der Waals surface area contributed by atoms with Gasteiger partial charge in [-0.15, -0.1) is 10.2 Å². The first-order valence-corrected chi connectivity index (χ1v) is 8.82. The van der Waals surface area contributed by atoms with Gasteiger partial charge in [0.1, 0.15) is 11.4 Å². The molecule has 1 amide bonds. The third-order valence-corrected chi connectivity index (χ3v) is 4.43. The molecule has 0 bridgehead atoms. The SMILES string of the molecule is Cn1cc(Oc2ccccc2C(=O)Nc2nnc(-c3ccccn3)s2)cn1. The first-order chi connectivity index (χ1) is 13.2. The maximum atomic E-state index is 12.7. The van der Waals surface area contributed by atoms with Crippen LogP contribution < -0.4 is 10.1 Å². The van der Waals surface area contributed by atoms with Gasteiger partial charge in [0.05, 0.1) is 18.0 Å².